The molecule has 1 aromatic rings. The third-order valence-electron chi connectivity index (χ3n) is 4.94. The van der Waals surface area contributed by atoms with Crippen molar-refractivity contribution in [2.24, 2.45) is 10.2 Å². The maximum Gasteiger partial charge on any atom is 0.240 e. The zero-order valence-electron chi connectivity index (χ0n) is 15.2. The van der Waals surface area contributed by atoms with Gasteiger partial charge in [-0.15, -0.1) is 12.3 Å². The lowest BCUT2D eigenvalue weighted by molar-refractivity contribution is -0.132. The fourth-order valence-corrected chi connectivity index (χ4v) is 4.60. The molecule has 2 aliphatic heterocycles. The Morgan fingerprint density at radius 2 is 2.04 bits per heavy atom. The summed E-state index contributed by atoms with van der Waals surface area (Å²) in [4.78, 5) is 14.5. The van der Waals surface area contributed by atoms with Crippen LogP contribution in [-0.2, 0) is 14.8 Å². The summed E-state index contributed by atoms with van der Waals surface area (Å²) in [6.45, 7) is 1.03. The van der Waals surface area contributed by atoms with E-state index in [0.29, 0.717) is 45.2 Å². The van der Waals surface area contributed by atoms with Crippen LogP contribution in [0.25, 0.3) is 0 Å². The quantitative estimate of drug-likeness (QED) is 0.693. The molecule has 1 amide bonds. The molecule has 2 heterocycles. The highest BCUT2D eigenvalue weighted by Gasteiger charge is 2.40. The van der Waals surface area contributed by atoms with E-state index in [1.54, 1.807) is 35.2 Å². The van der Waals surface area contributed by atoms with E-state index in [1.165, 1.54) is 0 Å². The first-order valence-corrected chi connectivity index (χ1v) is 10.7. The highest BCUT2D eigenvalue weighted by atomic mass is 32.2. The van der Waals surface area contributed by atoms with E-state index in [4.69, 9.17) is 6.42 Å². The summed E-state index contributed by atoms with van der Waals surface area (Å²) in [6.07, 6.45) is 8.93. The van der Waals surface area contributed by atoms with Gasteiger partial charge in [0.15, 0.2) is 5.66 Å². The summed E-state index contributed by atoms with van der Waals surface area (Å²) in [7, 11) is -3.58. The molecular formula is C19H24N4O3S. The lowest BCUT2D eigenvalue weighted by Gasteiger charge is -2.33. The highest BCUT2D eigenvalue weighted by molar-refractivity contribution is 7.89. The molecule has 0 saturated carbocycles. The zero-order valence-corrected chi connectivity index (χ0v) is 16.0. The van der Waals surface area contributed by atoms with Crippen LogP contribution in [0.4, 0.5) is 0 Å². The number of piperidine rings is 1. The molecule has 7 nitrogen and oxygen atoms in total. The molecule has 2 aliphatic rings. The smallest absolute Gasteiger partial charge is 0.240 e. The van der Waals surface area contributed by atoms with Crippen LogP contribution in [0.1, 0.15) is 38.5 Å². The Morgan fingerprint density at radius 1 is 1.30 bits per heavy atom. The van der Waals surface area contributed by atoms with Gasteiger partial charge in [0.2, 0.25) is 15.9 Å². The van der Waals surface area contributed by atoms with Gasteiger partial charge in [0.1, 0.15) is 0 Å². The zero-order chi connectivity index (χ0) is 19.3. The fourth-order valence-electron chi connectivity index (χ4n) is 3.32. The van der Waals surface area contributed by atoms with Crippen molar-refractivity contribution in [2.45, 2.75) is 55.1 Å². The van der Waals surface area contributed by atoms with Crippen molar-refractivity contribution in [3.8, 4) is 12.3 Å². The first kappa shape index (κ1) is 19.5. The number of carbonyl (C=O) groups is 1. The minimum atomic E-state index is -3.58. The van der Waals surface area contributed by atoms with Crippen molar-refractivity contribution < 1.29 is 13.2 Å². The van der Waals surface area contributed by atoms with Crippen molar-refractivity contribution in [1.29, 1.82) is 0 Å². The number of likely N-dealkylation sites (tertiary alicyclic amines) is 1. The van der Waals surface area contributed by atoms with Gasteiger partial charge in [-0.25, -0.2) is 13.1 Å². The van der Waals surface area contributed by atoms with Gasteiger partial charge in [-0.05, 0) is 25.0 Å². The third kappa shape index (κ3) is 5.15. The molecule has 1 saturated heterocycles. The number of carbonyl (C=O) groups excluding carboxylic acids is 1. The molecule has 0 radical (unpaired) electrons. The third-order valence-corrected chi connectivity index (χ3v) is 6.48. The predicted molar refractivity (Wildman–Crippen MR) is 101 cm³/mol. The van der Waals surface area contributed by atoms with E-state index in [1.807, 2.05) is 0 Å². The van der Waals surface area contributed by atoms with Gasteiger partial charge < -0.3 is 4.90 Å². The molecule has 27 heavy (non-hydrogen) atoms. The Morgan fingerprint density at radius 3 is 2.70 bits per heavy atom. The van der Waals surface area contributed by atoms with Crippen LogP contribution in [0.3, 0.4) is 0 Å². The monoisotopic (exact) mass is 388 g/mol. The number of nitrogens with zero attached hydrogens (tertiary/aromatic N) is 3. The van der Waals surface area contributed by atoms with E-state index in [0.717, 1.165) is 6.42 Å². The molecule has 1 N–H and O–H groups in total. The topological polar surface area (TPSA) is 91.2 Å². The molecule has 1 fully saturated rings. The van der Waals surface area contributed by atoms with E-state index in [-0.39, 0.29) is 16.8 Å². The van der Waals surface area contributed by atoms with Gasteiger partial charge >= 0.3 is 0 Å². The average molecular weight is 388 g/mol. The Kier molecular flexibility index (Phi) is 5.92. The van der Waals surface area contributed by atoms with Gasteiger partial charge in [0.05, 0.1) is 4.90 Å². The summed E-state index contributed by atoms with van der Waals surface area (Å²) < 4.78 is 27.7. The minimum absolute atomic E-state index is 0.0102. The Balaban J connectivity index is 1.52. The number of benzene rings is 1. The average Bonchev–Trinajstić information content (AvgIpc) is 3.45. The maximum atomic E-state index is 12.6. The van der Waals surface area contributed by atoms with Crippen LogP contribution in [-0.4, -0.2) is 44.0 Å². The summed E-state index contributed by atoms with van der Waals surface area (Å²) in [6, 6.07) is 8.00. The number of hydrogen-bond donors (Lipinski definition) is 1. The normalized spacial score (nSPS) is 20.9. The Hall–Kier alpha value is -2.24. The van der Waals surface area contributed by atoms with Crippen LogP contribution in [0.2, 0.25) is 0 Å². The van der Waals surface area contributed by atoms with Gasteiger partial charge in [0, 0.05) is 44.8 Å². The van der Waals surface area contributed by atoms with Crippen molar-refractivity contribution in [3.63, 3.8) is 0 Å². The summed E-state index contributed by atoms with van der Waals surface area (Å²) in [5.74, 6) is 2.59. The lowest BCUT2D eigenvalue weighted by Crippen LogP contribution is -2.49. The molecule has 0 aliphatic carbocycles. The second-order valence-corrected chi connectivity index (χ2v) is 8.71. The van der Waals surface area contributed by atoms with E-state index < -0.39 is 15.7 Å². The Bertz CT molecular complexity index is 839. The van der Waals surface area contributed by atoms with Gasteiger partial charge in [0.25, 0.3) is 0 Å². The van der Waals surface area contributed by atoms with Crippen molar-refractivity contribution in [1.82, 2.24) is 9.62 Å². The standard InChI is InChI=1S/C19H24N4O3S/c1-2-3-12-19(21-22-19)13-11-18(24)23-14-7-8-16(15-23)20-27(25,26)17-9-5-4-6-10-17/h1,4-6,9-10,16,20H,3,7-8,11-15H2. The van der Waals surface area contributed by atoms with Crippen LogP contribution in [0.5, 0.6) is 0 Å². The highest BCUT2D eigenvalue weighted by Crippen LogP contribution is 2.37. The summed E-state index contributed by atoms with van der Waals surface area (Å²) in [5.41, 5.74) is -0.466. The number of hydrogen-bond acceptors (Lipinski definition) is 5. The number of rotatable bonds is 8. The molecule has 0 aromatic heterocycles. The van der Waals surface area contributed by atoms with E-state index >= 15 is 0 Å². The van der Waals surface area contributed by atoms with E-state index in [2.05, 4.69) is 20.9 Å². The maximum absolute atomic E-state index is 12.6. The van der Waals surface area contributed by atoms with Crippen LogP contribution < -0.4 is 4.72 Å². The van der Waals surface area contributed by atoms with Gasteiger partial charge in [-0.3, -0.25) is 4.79 Å². The minimum Gasteiger partial charge on any atom is -0.341 e. The largest absolute Gasteiger partial charge is 0.341 e. The molecule has 1 aromatic carbocycles. The van der Waals surface area contributed by atoms with E-state index in [9.17, 15) is 13.2 Å². The van der Waals surface area contributed by atoms with Crippen LogP contribution >= 0.6 is 0 Å². The number of amides is 1. The second kappa shape index (κ2) is 8.19. The summed E-state index contributed by atoms with van der Waals surface area (Å²) in [5, 5.41) is 8.11. The first-order valence-electron chi connectivity index (χ1n) is 9.17. The lowest BCUT2D eigenvalue weighted by atomic mass is 10.0. The molecular weight excluding hydrogens is 364 g/mol. The number of sulfonamides is 1. The molecule has 1 unspecified atom stereocenters. The predicted octanol–water partition coefficient (Wildman–Crippen LogP) is 2.31. The number of terminal acetylenes is 1. The molecule has 3 rings (SSSR count). The molecule has 144 valence electrons. The molecule has 0 spiro atoms. The van der Waals surface area contributed by atoms with Gasteiger partial charge in [-0.1, -0.05) is 18.2 Å². The second-order valence-electron chi connectivity index (χ2n) is 7.00. The Labute approximate surface area is 160 Å². The first-order chi connectivity index (χ1) is 12.9. The fraction of sp³-hybridized carbons (Fsp3) is 0.526. The van der Waals surface area contributed by atoms with Crippen molar-refractivity contribution in [2.75, 3.05) is 13.1 Å². The van der Waals surface area contributed by atoms with Crippen molar-refractivity contribution >= 4 is 15.9 Å². The molecule has 0 bridgehead atoms. The SMILES string of the molecule is C#CCCC1(CCC(=O)N2CCCC(NS(=O)(=O)c3ccccc3)C2)N=N1. The summed E-state index contributed by atoms with van der Waals surface area (Å²) >= 11 is 0. The molecule has 8 heteroatoms. The van der Waals surface area contributed by atoms with Crippen LogP contribution in [0, 0.1) is 12.3 Å². The van der Waals surface area contributed by atoms with Gasteiger partial charge in [-0.2, -0.15) is 10.2 Å². The van der Waals surface area contributed by atoms with Crippen LogP contribution in [0.15, 0.2) is 45.5 Å². The molecule has 1 atom stereocenters. The number of nitrogens with one attached hydrogen (secondary N) is 1. The van der Waals surface area contributed by atoms with Crippen molar-refractivity contribution in [3.05, 3.63) is 30.3 Å².